The molecular weight excluding hydrogens is 556 g/mol. The predicted octanol–water partition coefficient (Wildman–Crippen LogP) is 3.61. The number of hydrogen-bond acceptors (Lipinski definition) is 9. The summed E-state index contributed by atoms with van der Waals surface area (Å²) in [6.45, 7) is 13.7. The standard InChI is InChI=1S/C28H40N8O5Si/c1-15(35-22-18(33-26(35)31)11-16(24(29)37)13-20(22)39-5)36-23-19(34-27(36)32)12-17(25(30)38)14-21(23)40-9-8-10-41-42(6,7)28(2,3)4/h11-15H,8-10H2,1-7H3,(H2,29,37)(H2,30,38)(H2,31,33)(H2,32,34). The van der Waals surface area contributed by atoms with Gasteiger partial charge in [0.1, 0.15) is 28.7 Å². The molecule has 4 rings (SSSR count). The number of amides is 2. The van der Waals surface area contributed by atoms with Gasteiger partial charge in [0.2, 0.25) is 23.7 Å². The number of nitrogens with zero attached hydrogens (tertiary/aromatic N) is 4. The first-order chi connectivity index (χ1) is 19.6. The van der Waals surface area contributed by atoms with Crippen LogP contribution in [0.5, 0.6) is 11.5 Å². The molecule has 2 amide bonds. The Kier molecular flexibility index (Phi) is 8.15. The van der Waals surface area contributed by atoms with E-state index in [2.05, 4.69) is 43.8 Å². The molecule has 0 saturated carbocycles. The molecule has 2 heterocycles. The Balaban J connectivity index is 1.76. The van der Waals surface area contributed by atoms with E-state index in [-0.39, 0.29) is 28.1 Å². The third-order valence-electron chi connectivity index (χ3n) is 7.91. The van der Waals surface area contributed by atoms with Crippen molar-refractivity contribution in [1.29, 1.82) is 0 Å². The largest absolute Gasteiger partial charge is 0.494 e. The Morgan fingerprint density at radius 1 is 0.881 bits per heavy atom. The number of carbonyl (C=O) groups excluding carboxylic acids is 2. The number of hydrogen-bond donors (Lipinski definition) is 4. The molecule has 14 heteroatoms. The Morgan fingerprint density at radius 2 is 1.36 bits per heavy atom. The molecule has 2 aromatic carbocycles. The molecule has 1 atom stereocenters. The van der Waals surface area contributed by atoms with E-state index in [0.717, 1.165) is 0 Å². The van der Waals surface area contributed by atoms with Gasteiger partial charge in [0.15, 0.2) is 8.32 Å². The van der Waals surface area contributed by atoms with E-state index in [9.17, 15) is 9.59 Å². The minimum Gasteiger partial charge on any atom is -0.494 e. The van der Waals surface area contributed by atoms with Crippen molar-refractivity contribution in [3.8, 4) is 11.5 Å². The number of aromatic nitrogens is 4. The Morgan fingerprint density at radius 3 is 1.81 bits per heavy atom. The van der Waals surface area contributed by atoms with Crippen LogP contribution in [0, 0.1) is 0 Å². The molecule has 0 fully saturated rings. The smallest absolute Gasteiger partial charge is 0.248 e. The summed E-state index contributed by atoms with van der Waals surface area (Å²) >= 11 is 0. The van der Waals surface area contributed by atoms with Gasteiger partial charge in [-0.15, -0.1) is 0 Å². The minimum absolute atomic E-state index is 0.0967. The molecule has 2 aromatic heterocycles. The fourth-order valence-corrected chi connectivity index (χ4v) is 5.72. The summed E-state index contributed by atoms with van der Waals surface area (Å²) in [6.07, 6.45) is 0.0453. The highest BCUT2D eigenvalue weighted by Crippen LogP contribution is 2.38. The molecule has 0 spiro atoms. The monoisotopic (exact) mass is 596 g/mol. The summed E-state index contributed by atoms with van der Waals surface area (Å²) in [5.41, 5.74) is 26.3. The van der Waals surface area contributed by atoms with Gasteiger partial charge < -0.3 is 36.8 Å². The third-order valence-corrected chi connectivity index (χ3v) is 12.4. The molecule has 1 unspecified atom stereocenters. The van der Waals surface area contributed by atoms with Gasteiger partial charge in [-0.2, -0.15) is 0 Å². The number of nitrogen functional groups attached to an aromatic ring is 2. The fourth-order valence-electron chi connectivity index (χ4n) is 4.63. The van der Waals surface area contributed by atoms with E-state index in [4.69, 9.17) is 36.8 Å². The lowest BCUT2D eigenvalue weighted by Crippen LogP contribution is -2.41. The quantitative estimate of drug-likeness (QED) is 0.147. The number of methoxy groups -OCH3 is 1. The van der Waals surface area contributed by atoms with E-state index in [1.54, 1.807) is 27.3 Å². The lowest BCUT2D eigenvalue weighted by atomic mass is 10.1. The van der Waals surface area contributed by atoms with Crippen LogP contribution in [0.25, 0.3) is 22.1 Å². The van der Waals surface area contributed by atoms with Crippen LogP contribution in [0.1, 0.15) is 61.0 Å². The Labute approximate surface area is 245 Å². The SMILES string of the molecule is COc1cc(C(N)=O)cc2nc(N)n(C(C)n3c(N)nc4cc(C(N)=O)cc(OCCCO[Si](C)(C)C(C)(C)C)c43)c12. The molecule has 0 aliphatic carbocycles. The highest BCUT2D eigenvalue weighted by atomic mass is 28.4. The van der Waals surface area contributed by atoms with Crippen molar-refractivity contribution < 1.29 is 23.5 Å². The molecule has 42 heavy (non-hydrogen) atoms. The maximum Gasteiger partial charge on any atom is 0.248 e. The predicted molar refractivity (Wildman–Crippen MR) is 165 cm³/mol. The number of imidazole rings is 2. The molecule has 0 radical (unpaired) electrons. The summed E-state index contributed by atoms with van der Waals surface area (Å²) in [5.74, 6) is -0.200. The highest BCUT2D eigenvalue weighted by molar-refractivity contribution is 6.74. The van der Waals surface area contributed by atoms with Gasteiger partial charge in [-0.1, -0.05) is 20.8 Å². The van der Waals surface area contributed by atoms with Crippen LogP contribution in [0.15, 0.2) is 24.3 Å². The van der Waals surface area contributed by atoms with Gasteiger partial charge in [0, 0.05) is 24.2 Å². The number of ether oxygens (including phenoxy) is 2. The van der Waals surface area contributed by atoms with Gasteiger partial charge in [0.25, 0.3) is 0 Å². The molecule has 0 bridgehead atoms. The molecule has 0 aliphatic heterocycles. The topological polar surface area (TPSA) is 202 Å². The second-order valence-electron chi connectivity index (χ2n) is 11.7. The van der Waals surface area contributed by atoms with Gasteiger partial charge in [-0.3, -0.25) is 18.7 Å². The minimum atomic E-state index is -1.90. The van der Waals surface area contributed by atoms with Gasteiger partial charge in [-0.05, 0) is 49.3 Å². The van der Waals surface area contributed by atoms with Crippen LogP contribution >= 0.6 is 0 Å². The van der Waals surface area contributed by atoms with E-state index < -0.39 is 26.3 Å². The van der Waals surface area contributed by atoms with Gasteiger partial charge >= 0.3 is 0 Å². The molecule has 8 N–H and O–H groups in total. The number of benzene rings is 2. The molecule has 13 nitrogen and oxygen atoms in total. The van der Waals surface area contributed by atoms with Crippen molar-refractivity contribution in [3.05, 3.63) is 35.4 Å². The van der Waals surface area contributed by atoms with Crippen molar-refractivity contribution >= 4 is 54.1 Å². The normalized spacial score (nSPS) is 13.0. The number of fused-ring (bicyclic) bond motifs is 2. The first-order valence-electron chi connectivity index (χ1n) is 13.6. The first kappa shape index (κ1) is 30.7. The lowest BCUT2D eigenvalue weighted by Gasteiger charge is -2.36. The summed E-state index contributed by atoms with van der Waals surface area (Å²) in [4.78, 5) is 33.0. The summed E-state index contributed by atoms with van der Waals surface area (Å²) < 4.78 is 21.5. The maximum absolute atomic E-state index is 12.1. The van der Waals surface area contributed by atoms with Gasteiger partial charge in [0.05, 0.1) is 24.8 Å². The van der Waals surface area contributed by atoms with Crippen molar-refractivity contribution in [2.45, 2.75) is 58.4 Å². The number of nitrogens with two attached hydrogens (primary N) is 4. The maximum atomic E-state index is 12.1. The third kappa shape index (κ3) is 5.59. The fraction of sp³-hybridized carbons (Fsp3) is 0.429. The van der Waals surface area contributed by atoms with Crippen LogP contribution in [0.3, 0.4) is 0 Å². The second-order valence-corrected chi connectivity index (χ2v) is 16.5. The Bertz CT molecular complexity index is 1670. The summed E-state index contributed by atoms with van der Waals surface area (Å²) in [7, 11) is -0.426. The van der Waals surface area contributed by atoms with Crippen molar-refractivity contribution in [1.82, 2.24) is 19.1 Å². The molecular formula is C28H40N8O5Si. The van der Waals surface area contributed by atoms with Crippen LogP contribution in [-0.4, -0.2) is 59.6 Å². The average molecular weight is 597 g/mol. The first-order valence-corrected chi connectivity index (χ1v) is 16.5. The second kappa shape index (κ2) is 11.2. The molecule has 0 aliphatic rings. The molecule has 226 valence electrons. The molecule has 4 aromatic rings. The molecule has 0 saturated heterocycles. The summed E-state index contributed by atoms with van der Waals surface area (Å²) in [5, 5.41) is 0.0967. The highest BCUT2D eigenvalue weighted by Gasteiger charge is 2.36. The zero-order valence-corrected chi connectivity index (χ0v) is 26.1. The van der Waals surface area contributed by atoms with Crippen molar-refractivity contribution in [3.63, 3.8) is 0 Å². The lowest BCUT2D eigenvalue weighted by molar-refractivity contribution is 0.0991. The number of rotatable bonds is 11. The number of carbonyl (C=O) groups is 2. The van der Waals surface area contributed by atoms with Crippen LogP contribution in [0.2, 0.25) is 18.1 Å². The zero-order chi connectivity index (χ0) is 31.1. The van der Waals surface area contributed by atoms with Crippen LogP contribution in [-0.2, 0) is 4.43 Å². The average Bonchev–Trinajstić information content (AvgIpc) is 3.41. The van der Waals surface area contributed by atoms with Crippen LogP contribution in [0.4, 0.5) is 11.9 Å². The van der Waals surface area contributed by atoms with Gasteiger partial charge in [-0.25, -0.2) is 9.97 Å². The van der Waals surface area contributed by atoms with E-state index in [0.29, 0.717) is 53.2 Å². The number of anilines is 2. The van der Waals surface area contributed by atoms with E-state index in [1.807, 2.05) is 6.92 Å². The van der Waals surface area contributed by atoms with Crippen molar-refractivity contribution in [2.75, 3.05) is 31.8 Å². The number of primary amides is 2. The Hall–Kier alpha value is -4.30. The zero-order valence-electron chi connectivity index (χ0n) is 25.1. The van der Waals surface area contributed by atoms with E-state index >= 15 is 0 Å². The van der Waals surface area contributed by atoms with Crippen molar-refractivity contribution in [2.24, 2.45) is 11.5 Å². The van der Waals surface area contributed by atoms with Crippen LogP contribution < -0.4 is 32.4 Å². The summed E-state index contributed by atoms with van der Waals surface area (Å²) in [6, 6.07) is 6.23. The van der Waals surface area contributed by atoms with E-state index in [1.165, 1.54) is 13.2 Å².